The summed E-state index contributed by atoms with van der Waals surface area (Å²) in [6.07, 6.45) is 6.29. The van der Waals surface area contributed by atoms with E-state index in [1.54, 1.807) is 18.3 Å². The van der Waals surface area contributed by atoms with E-state index < -0.39 is 23.9 Å². The molecule has 3 heterocycles. The van der Waals surface area contributed by atoms with Crippen molar-refractivity contribution in [1.82, 2.24) is 20.5 Å². The lowest BCUT2D eigenvalue weighted by molar-refractivity contribution is 0.151. The summed E-state index contributed by atoms with van der Waals surface area (Å²) in [5.74, 6) is 2.87. The maximum atomic E-state index is 14.5. The first-order chi connectivity index (χ1) is 20.2. The average molecular weight is 601 g/mol. The SMILES string of the molecule is C=C(Cc1ccc(-c2ccc(F)c(F)c2)cc1F)NCc1ccnc(CC)c1.C=S1C=CCC1.FC(F)c1cn[nH]c1. The molecule has 42 heavy (non-hydrogen) atoms. The lowest BCUT2D eigenvalue weighted by Crippen LogP contribution is -2.14. The molecule has 1 atom stereocenters. The summed E-state index contributed by atoms with van der Waals surface area (Å²) in [6.45, 7) is 6.60. The standard InChI is InChI=1S/C23H21F3N2.C5H8S.C4H4F2N2/c1-3-20-11-16(8-9-27-20)14-28-15(2)10-19-5-4-17(12-22(19)25)18-6-7-21(24)23(26)13-18;1-6-4-2-3-5-6;5-4(6)3-1-7-8-2-3/h4-9,11-13,28H,2-3,10,14H2,1H3;2,4H,1,3,5H2;1-2,4H,(H,7,8). The van der Waals surface area contributed by atoms with Crippen molar-refractivity contribution in [1.29, 1.82) is 0 Å². The zero-order valence-corrected chi connectivity index (χ0v) is 24.0. The minimum absolute atomic E-state index is 0.0648. The molecule has 0 fully saturated rings. The third kappa shape index (κ3) is 10.4. The second-order valence-corrected chi connectivity index (χ2v) is 11.1. The second-order valence-electron chi connectivity index (χ2n) is 9.31. The Morgan fingerprint density at radius 2 is 1.76 bits per heavy atom. The van der Waals surface area contributed by atoms with Gasteiger partial charge in [-0.1, -0.05) is 43.6 Å². The Morgan fingerprint density at radius 1 is 1.02 bits per heavy atom. The van der Waals surface area contributed by atoms with Crippen LogP contribution >= 0.6 is 10.5 Å². The third-order valence-corrected chi connectivity index (χ3v) is 7.44. The number of H-pyrrole nitrogens is 1. The zero-order chi connectivity index (χ0) is 30.5. The Hall–Kier alpha value is -4.05. The second kappa shape index (κ2) is 16.4. The molecule has 4 nitrogen and oxygen atoms in total. The number of nitrogens with zero attached hydrogens (tertiary/aromatic N) is 2. The molecular weight excluding hydrogens is 567 g/mol. The number of hydrogen-bond acceptors (Lipinski definition) is 3. The lowest BCUT2D eigenvalue weighted by Gasteiger charge is -2.12. The highest BCUT2D eigenvalue weighted by Crippen LogP contribution is 2.25. The molecule has 2 aromatic heterocycles. The van der Waals surface area contributed by atoms with Crippen molar-refractivity contribution in [3.63, 3.8) is 0 Å². The van der Waals surface area contributed by atoms with Crippen LogP contribution < -0.4 is 5.32 Å². The molecule has 2 aromatic carbocycles. The van der Waals surface area contributed by atoms with E-state index in [4.69, 9.17) is 0 Å². The summed E-state index contributed by atoms with van der Waals surface area (Å²) >= 11 is 0. The van der Waals surface area contributed by atoms with Gasteiger partial charge in [0, 0.05) is 36.8 Å². The number of allylic oxidation sites excluding steroid dienone is 2. The minimum Gasteiger partial charge on any atom is -0.384 e. The number of nitrogens with one attached hydrogen (secondary N) is 2. The van der Waals surface area contributed by atoms with Gasteiger partial charge in [0.2, 0.25) is 0 Å². The van der Waals surface area contributed by atoms with Crippen LogP contribution in [0.1, 0.15) is 42.2 Å². The average Bonchev–Trinajstić information content (AvgIpc) is 3.70. The molecule has 1 aliphatic rings. The van der Waals surface area contributed by atoms with Crippen molar-refractivity contribution in [3.05, 3.63) is 131 Å². The maximum absolute atomic E-state index is 14.5. The predicted molar refractivity (Wildman–Crippen MR) is 162 cm³/mol. The van der Waals surface area contributed by atoms with Gasteiger partial charge in [-0.25, -0.2) is 22.0 Å². The molecule has 10 heteroatoms. The Morgan fingerprint density at radius 3 is 2.29 bits per heavy atom. The van der Waals surface area contributed by atoms with E-state index in [2.05, 4.69) is 44.4 Å². The molecule has 0 bridgehead atoms. The summed E-state index contributed by atoms with van der Waals surface area (Å²) < 4.78 is 64.0. The van der Waals surface area contributed by atoms with E-state index in [9.17, 15) is 22.0 Å². The predicted octanol–water partition coefficient (Wildman–Crippen LogP) is 8.53. The Balaban J connectivity index is 0.000000280. The molecule has 4 aromatic rings. The van der Waals surface area contributed by atoms with E-state index in [1.807, 2.05) is 19.1 Å². The minimum atomic E-state index is -2.41. The van der Waals surface area contributed by atoms with E-state index in [0.29, 0.717) is 45.8 Å². The van der Waals surface area contributed by atoms with Crippen LogP contribution in [0.25, 0.3) is 11.1 Å². The Bertz CT molecular complexity index is 1500. The summed E-state index contributed by atoms with van der Waals surface area (Å²) in [4.78, 5) is 4.26. The van der Waals surface area contributed by atoms with E-state index in [0.717, 1.165) is 36.0 Å². The number of aryl methyl sites for hydroxylation is 1. The smallest absolute Gasteiger partial charge is 0.266 e. The highest BCUT2D eigenvalue weighted by atomic mass is 32.2. The first-order valence-electron chi connectivity index (χ1n) is 13.2. The number of rotatable bonds is 8. The number of alkyl halides is 2. The summed E-state index contributed by atoms with van der Waals surface area (Å²) in [5, 5.41) is 11.0. The van der Waals surface area contributed by atoms with Crippen LogP contribution in [0, 0.1) is 17.5 Å². The van der Waals surface area contributed by atoms with Gasteiger partial charge < -0.3 is 5.32 Å². The number of aromatic nitrogens is 3. The topological polar surface area (TPSA) is 53.6 Å². The molecule has 0 saturated heterocycles. The first-order valence-corrected chi connectivity index (χ1v) is 14.8. The fourth-order valence-corrected chi connectivity index (χ4v) is 4.75. The van der Waals surface area contributed by atoms with Gasteiger partial charge in [0.15, 0.2) is 11.6 Å². The summed E-state index contributed by atoms with van der Waals surface area (Å²) in [6, 6.07) is 12.1. The van der Waals surface area contributed by atoms with Crippen LogP contribution in [-0.2, 0) is 19.4 Å². The van der Waals surface area contributed by atoms with Crippen molar-refractivity contribution < 1.29 is 22.0 Å². The highest BCUT2D eigenvalue weighted by Gasteiger charge is 2.10. The Labute approximate surface area is 245 Å². The highest BCUT2D eigenvalue weighted by molar-refractivity contribution is 8.16. The fraction of sp³-hybridized carbons (Fsp3) is 0.219. The molecular formula is C32H33F5N4S. The molecule has 1 aliphatic heterocycles. The number of halogens is 5. The van der Waals surface area contributed by atoms with Crippen molar-refractivity contribution in [2.45, 2.75) is 39.2 Å². The van der Waals surface area contributed by atoms with E-state index in [1.165, 1.54) is 30.5 Å². The fourth-order valence-electron chi connectivity index (χ4n) is 3.77. The van der Waals surface area contributed by atoms with Crippen LogP contribution in [0.15, 0.2) is 90.9 Å². The molecule has 1 unspecified atom stereocenters. The normalized spacial score (nSPS) is 13.6. The monoisotopic (exact) mass is 600 g/mol. The first kappa shape index (κ1) is 32.5. The molecule has 222 valence electrons. The van der Waals surface area contributed by atoms with Crippen molar-refractivity contribution >= 4 is 16.4 Å². The van der Waals surface area contributed by atoms with Gasteiger partial charge >= 0.3 is 0 Å². The van der Waals surface area contributed by atoms with Gasteiger partial charge in [0.1, 0.15) is 5.82 Å². The molecule has 0 saturated carbocycles. The number of aromatic amines is 1. The molecule has 0 amide bonds. The van der Waals surface area contributed by atoms with E-state index in [-0.39, 0.29) is 5.56 Å². The summed E-state index contributed by atoms with van der Waals surface area (Å²) in [7, 11) is 0.397. The zero-order valence-electron chi connectivity index (χ0n) is 23.2. The number of benzene rings is 2. The van der Waals surface area contributed by atoms with Gasteiger partial charge in [-0.15, -0.1) is 0 Å². The van der Waals surface area contributed by atoms with Crippen molar-refractivity contribution in [2.24, 2.45) is 0 Å². The largest absolute Gasteiger partial charge is 0.384 e. The van der Waals surface area contributed by atoms with Crippen molar-refractivity contribution in [2.75, 3.05) is 5.75 Å². The van der Waals surface area contributed by atoms with E-state index >= 15 is 0 Å². The van der Waals surface area contributed by atoms with Gasteiger partial charge in [-0.2, -0.15) is 15.6 Å². The van der Waals surface area contributed by atoms with Gasteiger partial charge in [-0.05, 0) is 76.6 Å². The number of hydrogen-bond donors (Lipinski definition) is 2. The molecule has 0 aliphatic carbocycles. The lowest BCUT2D eigenvalue weighted by atomic mass is 10.0. The third-order valence-electron chi connectivity index (χ3n) is 6.10. The van der Waals surface area contributed by atoms with Crippen LogP contribution in [0.3, 0.4) is 0 Å². The van der Waals surface area contributed by atoms with Crippen molar-refractivity contribution in [3.8, 4) is 11.1 Å². The van der Waals surface area contributed by atoms with Gasteiger partial charge in [0.25, 0.3) is 6.43 Å². The van der Waals surface area contributed by atoms with Crippen LogP contribution in [0.4, 0.5) is 22.0 Å². The molecule has 5 rings (SSSR count). The molecule has 2 N–H and O–H groups in total. The summed E-state index contributed by atoms with van der Waals surface area (Å²) in [5.41, 5.74) is 4.12. The van der Waals surface area contributed by atoms with Gasteiger partial charge in [-0.3, -0.25) is 10.1 Å². The van der Waals surface area contributed by atoms with Crippen LogP contribution in [0.5, 0.6) is 0 Å². The molecule has 0 radical (unpaired) electrons. The maximum Gasteiger partial charge on any atom is 0.266 e. The number of pyridine rings is 1. The van der Waals surface area contributed by atoms with Crippen LogP contribution in [0.2, 0.25) is 0 Å². The van der Waals surface area contributed by atoms with Crippen LogP contribution in [-0.4, -0.2) is 26.8 Å². The molecule has 0 spiro atoms. The Kier molecular flexibility index (Phi) is 12.7. The van der Waals surface area contributed by atoms with Gasteiger partial charge in [0.05, 0.1) is 11.8 Å². The quantitative estimate of drug-likeness (QED) is 0.157.